The SMILES string of the molecule is c1ccc2c(c1)NCCC2c1nc2ncccc2[nH]1. The first-order valence-electron chi connectivity index (χ1n) is 6.55. The zero-order chi connectivity index (χ0) is 12.7. The van der Waals surface area contributed by atoms with Crippen LogP contribution in [0.4, 0.5) is 5.69 Å². The number of nitrogens with zero attached hydrogens (tertiary/aromatic N) is 2. The Kier molecular flexibility index (Phi) is 2.27. The average molecular weight is 250 g/mol. The number of imidazole rings is 1. The highest BCUT2D eigenvalue weighted by molar-refractivity contribution is 5.70. The minimum Gasteiger partial charge on any atom is -0.385 e. The van der Waals surface area contributed by atoms with Gasteiger partial charge in [-0.2, -0.15) is 0 Å². The quantitative estimate of drug-likeness (QED) is 0.698. The van der Waals surface area contributed by atoms with Gasteiger partial charge in [0.25, 0.3) is 0 Å². The first-order valence-corrected chi connectivity index (χ1v) is 6.55. The van der Waals surface area contributed by atoms with Crippen molar-refractivity contribution in [3.05, 3.63) is 54.0 Å². The molecule has 1 aliphatic rings. The fourth-order valence-corrected chi connectivity index (χ4v) is 2.78. The monoisotopic (exact) mass is 250 g/mol. The van der Waals surface area contributed by atoms with Gasteiger partial charge < -0.3 is 10.3 Å². The molecule has 0 radical (unpaired) electrons. The molecule has 1 unspecified atom stereocenters. The van der Waals surface area contributed by atoms with Crippen molar-refractivity contribution in [2.45, 2.75) is 12.3 Å². The number of aromatic amines is 1. The van der Waals surface area contributed by atoms with Crippen LogP contribution in [0.1, 0.15) is 23.7 Å². The number of aromatic nitrogens is 3. The predicted molar refractivity (Wildman–Crippen MR) is 75.3 cm³/mol. The molecule has 4 rings (SSSR count). The molecule has 2 aromatic heterocycles. The minimum atomic E-state index is 0.326. The van der Waals surface area contributed by atoms with Crippen LogP contribution in [-0.4, -0.2) is 21.5 Å². The first-order chi connectivity index (χ1) is 9.42. The summed E-state index contributed by atoms with van der Waals surface area (Å²) in [7, 11) is 0. The van der Waals surface area contributed by atoms with Crippen LogP contribution in [0.15, 0.2) is 42.6 Å². The molecule has 1 aromatic carbocycles. The molecule has 0 saturated carbocycles. The van der Waals surface area contributed by atoms with Crippen LogP contribution in [0, 0.1) is 0 Å². The highest BCUT2D eigenvalue weighted by Crippen LogP contribution is 2.35. The lowest BCUT2D eigenvalue weighted by atomic mass is 9.90. The summed E-state index contributed by atoms with van der Waals surface area (Å²) in [5, 5.41) is 3.44. The molecule has 2 N–H and O–H groups in total. The van der Waals surface area contributed by atoms with E-state index in [0.29, 0.717) is 5.92 Å². The summed E-state index contributed by atoms with van der Waals surface area (Å²) in [6, 6.07) is 12.4. The highest BCUT2D eigenvalue weighted by Gasteiger charge is 2.23. The Bertz CT molecular complexity index is 699. The maximum Gasteiger partial charge on any atom is 0.177 e. The van der Waals surface area contributed by atoms with Gasteiger partial charge in [0.15, 0.2) is 5.65 Å². The minimum absolute atomic E-state index is 0.326. The van der Waals surface area contributed by atoms with Gasteiger partial charge in [0.2, 0.25) is 0 Å². The van der Waals surface area contributed by atoms with E-state index in [-0.39, 0.29) is 0 Å². The lowest BCUT2D eigenvalue weighted by Crippen LogP contribution is -2.18. The van der Waals surface area contributed by atoms with Crippen molar-refractivity contribution in [2.24, 2.45) is 0 Å². The Morgan fingerprint density at radius 2 is 2.05 bits per heavy atom. The van der Waals surface area contributed by atoms with E-state index in [1.807, 2.05) is 12.1 Å². The van der Waals surface area contributed by atoms with E-state index in [4.69, 9.17) is 0 Å². The van der Waals surface area contributed by atoms with Gasteiger partial charge >= 0.3 is 0 Å². The topological polar surface area (TPSA) is 53.6 Å². The van der Waals surface area contributed by atoms with Crippen molar-refractivity contribution in [3.63, 3.8) is 0 Å². The van der Waals surface area contributed by atoms with Crippen molar-refractivity contribution < 1.29 is 0 Å². The lowest BCUT2D eigenvalue weighted by Gasteiger charge is -2.25. The summed E-state index contributed by atoms with van der Waals surface area (Å²) in [4.78, 5) is 12.3. The molecular weight excluding hydrogens is 236 g/mol. The largest absolute Gasteiger partial charge is 0.385 e. The number of para-hydroxylation sites is 1. The molecule has 0 saturated heterocycles. The number of hydrogen-bond acceptors (Lipinski definition) is 3. The second-order valence-corrected chi connectivity index (χ2v) is 4.85. The maximum atomic E-state index is 4.64. The third kappa shape index (κ3) is 1.68. The molecule has 0 bridgehead atoms. The van der Waals surface area contributed by atoms with Crippen LogP contribution in [0.3, 0.4) is 0 Å². The van der Waals surface area contributed by atoms with E-state index in [2.05, 4.69) is 44.5 Å². The number of hydrogen-bond donors (Lipinski definition) is 2. The van der Waals surface area contributed by atoms with Gasteiger partial charge in [0, 0.05) is 24.3 Å². The fourth-order valence-electron chi connectivity index (χ4n) is 2.78. The standard InChI is InChI=1S/C15H14N4/c1-2-5-12-10(4-1)11(7-9-16-12)14-18-13-6-3-8-17-15(13)19-14/h1-6,8,11,16H,7,9H2,(H,17,18,19). The molecule has 0 spiro atoms. The second kappa shape index (κ2) is 4.09. The van der Waals surface area contributed by atoms with Crippen LogP contribution < -0.4 is 5.32 Å². The van der Waals surface area contributed by atoms with Gasteiger partial charge in [-0.25, -0.2) is 9.97 Å². The smallest absolute Gasteiger partial charge is 0.177 e. The molecule has 4 heteroatoms. The van der Waals surface area contributed by atoms with Gasteiger partial charge in [0.05, 0.1) is 5.52 Å². The molecule has 94 valence electrons. The summed E-state index contributed by atoms with van der Waals surface area (Å²) in [6.07, 6.45) is 2.83. The van der Waals surface area contributed by atoms with E-state index in [1.54, 1.807) is 6.20 Å². The molecule has 3 aromatic rings. The molecular formula is C15H14N4. The molecule has 0 fully saturated rings. The van der Waals surface area contributed by atoms with E-state index >= 15 is 0 Å². The van der Waals surface area contributed by atoms with Crippen molar-refractivity contribution >= 4 is 16.9 Å². The first kappa shape index (κ1) is 10.6. The third-order valence-electron chi connectivity index (χ3n) is 3.69. The molecule has 3 heterocycles. The summed E-state index contributed by atoms with van der Waals surface area (Å²) in [5.41, 5.74) is 4.34. The Labute approximate surface area is 110 Å². The number of pyridine rings is 1. The van der Waals surface area contributed by atoms with E-state index in [1.165, 1.54) is 11.3 Å². The normalized spacial score (nSPS) is 18.0. The highest BCUT2D eigenvalue weighted by atomic mass is 15.0. The fraction of sp³-hybridized carbons (Fsp3) is 0.200. The number of nitrogens with one attached hydrogen (secondary N) is 2. The lowest BCUT2D eigenvalue weighted by molar-refractivity contribution is 0.686. The van der Waals surface area contributed by atoms with E-state index in [0.717, 1.165) is 30.0 Å². The van der Waals surface area contributed by atoms with Crippen LogP contribution in [0.5, 0.6) is 0 Å². The van der Waals surface area contributed by atoms with Crippen molar-refractivity contribution in [2.75, 3.05) is 11.9 Å². The Hall–Kier alpha value is -2.36. The number of benzene rings is 1. The van der Waals surface area contributed by atoms with E-state index < -0.39 is 0 Å². The molecule has 4 nitrogen and oxygen atoms in total. The molecule has 0 aliphatic carbocycles. The zero-order valence-electron chi connectivity index (χ0n) is 10.4. The third-order valence-corrected chi connectivity index (χ3v) is 3.69. The van der Waals surface area contributed by atoms with Crippen LogP contribution >= 0.6 is 0 Å². The molecule has 19 heavy (non-hydrogen) atoms. The molecule has 0 amide bonds. The van der Waals surface area contributed by atoms with Gasteiger partial charge in [-0.15, -0.1) is 0 Å². The van der Waals surface area contributed by atoms with Crippen LogP contribution in [0.2, 0.25) is 0 Å². The van der Waals surface area contributed by atoms with Gasteiger partial charge in [-0.3, -0.25) is 0 Å². The summed E-state index contributed by atoms with van der Waals surface area (Å²) >= 11 is 0. The van der Waals surface area contributed by atoms with Crippen LogP contribution in [-0.2, 0) is 0 Å². The Morgan fingerprint density at radius 1 is 1.11 bits per heavy atom. The average Bonchev–Trinajstić information content (AvgIpc) is 2.90. The van der Waals surface area contributed by atoms with Crippen molar-refractivity contribution in [3.8, 4) is 0 Å². The Morgan fingerprint density at radius 3 is 3.00 bits per heavy atom. The second-order valence-electron chi connectivity index (χ2n) is 4.85. The number of anilines is 1. The number of H-pyrrole nitrogens is 1. The summed E-state index contributed by atoms with van der Waals surface area (Å²) in [5.74, 6) is 1.34. The summed E-state index contributed by atoms with van der Waals surface area (Å²) < 4.78 is 0. The Balaban J connectivity index is 1.85. The van der Waals surface area contributed by atoms with Gasteiger partial charge in [0.1, 0.15) is 5.82 Å². The maximum absolute atomic E-state index is 4.64. The molecule has 1 aliphatic heterocycles. The van der Waals surface area contributed by atoms with Crippen molar-refractivity contribution in [1.82, 2.24) is 15.0 Å². The zero-order valence-corrected chi connectivity index (χ0v) is 10.4. The van der Waals surface area contributed by atoms with E-state index in [9.17, 15) is 0 Å². The van der Waals surface area contributed by atoms with Gasteiger partial charge in [-0.1, -0.05) is 18.2 Å². The summed E-state index contributed by atoms with van der Waals surface area (Å²) in [6.45, 7) is 0.978. The van der Waals surface area contributed by atoms with Crippen molar-refractivity contribution in [1.29, 1.82) is 0 Å². The molecule has 1 atom stereocenters. The number of rotatable bonds is 1. The van der Waals surface area contributed by atoms with Gasteiger partial charge in [-0.05, 0) is 30.2 Å². The van der Waals surface area contributed by atoms with Crippen LogP contribution in [0.25, 0.3) is 11.2 Å². The predicted octanol–water partition coefficient (Wildman–Crippen LogP) is 2.91. The number of fused-ring (bicyclic) bond motifs is 2.